The molecule has 0 aliphatic carbocycles. The Morgan fingerprint density at radius 2 is 1.88 bits per heavy atom. The van der Waals surface area contributed by atoms with Crippen molar-refractivity contribution in [2.75, 3.05) is 6.61 Å². The van der Waals surface area contributed by atoms with Gasteiger partial charge in [-0.25, -0.2) is 0 Å². The van der Waals surface area contributed by atoms with Crippen molar-refractivity contribution in [3.63, 3.8) is 0 Å². The molecule has 96 valence electrons. The molecule has 2 heteroatoms. The molecule has 0 saturated carbocycles. The minimum absolute atomic E-state index is 0.112. The Kier molecular flexibility index (Phi) is 4.81. The lowest BCUT2D eigenvalue weighted by molar-refractivity contribution is -0.160. The minimum Gasteiger partial charge on any atom is -0.390 e. The average Bonchev–Trinajstić information content (AvgIpc) is 2.26. The fourth-order valence-electron chi connectivity index (χ4n) is 2.84. The molecule has 1 rings (SSSR count). The van der Waals surface area contributed by atoms with E-state index in [4.69, 9.17) is 4.74 Å². The Hall–Kier alpha value is -0.0800. The summed E-state index contributed by atoms with van der Waals surface area (Å²) in [5, 5.41) is 10.7. The third kappa shape index (κ3) is 3.46. The van der Waals surface area contributed by atoms with Crippen LogP contribution in [0.3, 0.4) is 0 Å². The topological polar surface area (TPSA) is 29.5 Å². The third-order valence-electron chi connectivity index (χ3n) is 4.29. The molecule has 1 aliphatic rings. The van der Waals surface area contributed by atoms with Crippen molar-refractivity contribution in [3.05, 3.63) is 0 Å². The van der Waals surface area contributed by atoms with E-state index in [2.05, 4.69) is 27.7 Å². The maximum atomic E-state index is 10.7. The summed E-state index contributed by atoms with van der Waals surface area (Å²) < 4.78 is 5.80. The third-order valence-corrected chi connectivity index (χ3v) is 4.29. The van der Waals surface area contributed by atoms with Gasteiger partial charge in [-0.1, -0.05) is 33.6 Å². The van der Waals surface area contributed by atoms with Crippen LogP contribution in [-0.2, 0) is 4.74 Å². The molecule has 16 heavy (non-hydrogen) atoms. The van der Waals surface area contributed by atoms with Gasteiger partial charge in [-0.15, -0.1) is 0 Å². The first kappa shape index (κ1) is 14.0. The molecule has 2 nitrogen and oxygen atoms in total. The van der Waals surface area contributed by atoms with Crippen molar-refractivity contribution in [3.8, 4) is 0 Å². The first-order valence-electron chi connectivity index (χ1n) is 6.83. The highest BCUT2D eigenvalue weighted by atomic mass is 16.5. The Labute approximate surface area is 100 Å². The second-order valence-corrected chi connectivity index (χ2v) is 5.69. The molecule has 2 unspecified atom stereocenters. The molecule has 1 N–H and O–H groups in total. The van der Waals surface area contributed by atoms with Crippen LogP contribution in [-0.4, -0.2) is 22.9 Å². The normalized spacial score (nSPS) is 35.6. The van der Waals surface area contributed by atoms with Crippen molar-refractivity contribution in [2.45, 2.75) is 77.4 Å². The standard InChI is InChI=1S/C14H28O2/c1-5-12(6-2)10-14(15)8-9-16-13(4,7-3)11-14/h12,15H,5-11H2,1-4H3. The van der Waals surface area contributed by atoms with E-state index in [0.29, 0.717) is 12.5 Å². The molecule has 1 fully saturated rings. The van der Waals surface area contributed by atoms with Crippen molar-refractivity contribution in [1.29, 1.82) is 0 Å². The van der Waals surface area contributed by atoms with Crippen LogP contribution in [0.15, 0.2) is 0 Å². The van der Waals surface area contributed by atoms with Crippen LogP contribution in [0, 0.1) is 5.92 Å². The molecule has 0 bridgehead atoms. The van der Waals surface area contributed by atoms with Gasteiger partial charge in [-0.3, -0.25) is 0 Å². The van der Waals surface area contributed by atoms with Crippen molar-refractivity contribution in [1.82, 2.24) is 0 Å². The lowest BCUT2D eigenvalue weighted by Crippen LogP contribution is -2.48. The fraction of sp³-hybridized carbons (Fsp3) is 1.00. The Morgan fingerprint density at radius 1 is 1.25 bits per heavy atom. The minimum atomic E-state index is -0.486. The van der Waals surface area contributed by atoms with Gasteiger partial charge in [0.25, 0.3) is 0 Å². The maximum absolute atomic E-state index is 10.7. The van der Waals surface area contributed by atoms with E-state index in [1.165, 1.54) is 12.8 Å². The first-order valence-corrected chi connectivity index (χ1v) is 6.83. The summed E-state index contributed by atoms with van der Waals surface area (Å²) in [6.45, 7) is 9.42. The molecule has 0 aromatic heterocycles. The first-order chi connectivity index (χ1) is 7.47. The molecule has 0 aromatic carbocycles. The number of hydrogen-bond acceptors (Lipinski definition) is 2. The molecule has 2 atom stereocenters. The van der Waals surface area contributed by atoms with Crippen LogP contribution in [0.5, 0.6) is 0 Å². The summed E-state index contributed by atoms with van der Waals surface area (Å²) in [4.78, 5) is 0. The van der Waals surface area contributed by atoms with E-state index in [9.17, 15) is 5.11 Å². The van der Waals surface area contributed by atoms with Gasteiger partial charge in [0.2, 0.25) is 0 Å². The molecule has 0 aromatic rings. The smallest absolute Gasteiger partial charge is 0.0699 e. The Bertz CT molecular complexity index is 213. The predicted octanol–water partition coefficient (Wildman–Crippen LogP) is 3.52. The van der Waals surface area contributed by atoms with Crippen LogP contribution < -0.4 is 0 Å². The molecular formula is C14H28O2. The van der Waals surface area contributed by atoms with Gasteiger partial charge in [-0.05, 0) is 32.1 Å². The lowest BCUT2D eigenvalue weighted by atomic mass is 9.76. The quantitative estimate of drug-likeness (QED) is 0.780. The Morgan fingerprint density at radius 3 is 2.38 bits per heavy atom. The van der Waals surface area contributed by atoms with Crippen molar-refractivity contribution >= 4 is 0 Å². The highest BCUT2D eigenvalue weighted by molar-refractivity contribution is 4.93. The summed E-state index contributed by atoms with van der Waals surface area (Å²) in [6.07, 6.45) is 5.87. The molecule has 1 heterocycles. The highest BCUT2D eigenvalue weighted by Gasteiger charge is 2.41. The molecule has 1 saturated heterocycles. The summed E-state index contributed by atoms with van der Waals surface area (Å²) >= 11 is 0. The monoisotopic (exact) mass is 228 g/mol. The predicted molar refractivity (Wildman–Crippen MR) is 67.5 cm³/mol. The van der Waals surface area contributed by atoms with Crippen molar-refractivity contribution in [2.24, 2.45) is 5.92 Å². The average molecular weight is 228 g/mol. The highest BCUT2D eigenvalue weighted by Crippen LogP contribution is 2.39. The fourth-order valence-corrected chi connectivity index (χ4v) is 2.84. The van der Waals surface area contributed by atoms with Gasteiger partial charge < -0.3 is 9.84 Å². The Balaban J connectivity index is 2.62. The number of aliphatic hydroxyl groups is 1. The molecular weight excluding hydrogens is 200 g/mol. The van der Waals surface area contributed by atoms with Crippen LogP contribution in [0.1, 0.15) is 66.2 Å². The zero-order valence-electron chi connectivity index (χ0n) is 11.4. The summed E-state index contributed by atoms with van der Waals surface area (Å²) in [5.74, 6) is 0.657. The van der Waals surface area contributed by atoms with Gasteiger partial charge in [0.1, 0.15) is 0 Å². The number of rotatable bonds is 5. The second kappa shape index (κ2) is 5.50. The summed E-state index contributed by atoms with van der Waals surface area (Å²) in [6, 6.07) is 0. The van der Waals surface area contributed by atoms with E-state index >= 15 is 0 Å². The van der Waals surface area contributed by atoms with Gasteiger partial charge in [0.05, 0.1) is 17.8 Å². The molecule has 0 radical (unpaired) electrons. The largest absolute Gasteiger partial charge is 0.390 e. The van der Waals surface area contributed by atoms with Crippen LogP contribution in [0.4, 0.5) is 0 Å². The summed E-state index contributed by atoms with van der Waals surface area (Å²) in [7, 11) is 0. The van der Waals surface area contributed by atoms with E-state index in [1.807, 2.05) is 0 Å². The SMILES string of the molecule is CCC(CC)CC1(O)CCOC(C)(CC)C1. The maximum Gasteiger partial charge on any atom is 0.0699 e. The lowest BCUT2D eigenvalue weighted by Gasteiger charge is -2.44. The van der Waals surface area contributed by atoms with E-state index in [-0.39, 0.29) is 5.60 Å². The van der Waals surface area contributed by atoms with E-state index < -0.39 is 5.60 Å². The van der Waals surface area contributed by atoms with Crippen LogP contribution in [0.25, 0.3) is 0 Å². The second-order valence-electron chi connectivity index (χ2n) is 5.69. The molecule has 1 aliphatic heterocycles. The number of hydrogen-bond donors (Lipinski definition) is 1. The zero-order chi connectivity index (χ0) is 12.2. The van der Waals surface area contributed by atoms with Crippen LogP contribution in [0.2, 0.25) is 0 Å². The molecule has 0 spiro atoms. The number of ether oxygens (including phenoxy) is 1. The van der Waals surface area contributed by atoms with Crippen LogP contribution >= 0.6 is 0 Å². The van der Waals surface area contributed by atoms with Gasteiger partial charge >= 0.3 is 0 Å². The zero-order valence-corrected chi connectivity index (χ0v) is 11.4. The molecule has 0 amide bonds. The van der Waals surface area contributed by atoms with Gasteiger partial charge in [0.15, 0.2) is 0 Å². The summed E-state index contributed by atoms with van der Waals surface area (Å²) in [5.41, 5.74) is -0.598. The van der Waals surface area contributed by atoms with Crippen molar-refractivity contribution < 1.29 is 9.84 Å². The van der Waals surface area contributed by atoms with Gasteiger partial charge in [-0.2, -0.15) is 0 Å². The van der Waals surface area contributed by atoms with Gasteiger partial charge in [0, 0.05) is 6.42 Å². The van der Waals surface area contributed by atoms with E-state index in [1.54, 1.807) is 0 Å². The van der Waals surface area contributed by atoms with E-state index in [0.717, 1.165) is 25.7 Å².